The number of carboxylic acid groups (broad SMARTS) is 1. The molecule has 1 aromatic carbocycles. The van der Waals surface area contributed by atoms with Crippen LogP contribution in [0, 0.1) is 0 Å². The Kier molecular flexibility index (Phi) is 6.18. The Morgan fingerprint density at radius 1 is 1.35 bits per heavy atom. The molecule has 1 rings (SSSR count). The van der Waals surface area contributed by atoms with E-state index in [9.17, 15) is 9.59 Å². The SMILES string of the molecule is CC(C)c1cccc(NC(=O)CN(C)CCC(=O)O)c1. The molecule has 0 heterocycles. The van der Waals surface area contributed by atoms with Gasteiger partial charge >= 0.3 is 5.97 Å². The van der Waals surface area contributed by atoms with Crippen molar-refractivity contribution in [2.24, 2.45) is 0 Å². The fraction of sp³-hybridized carbons (Fsp3) is 0.467. The number of amides is 1. The molecule has 110 valence electrons. The van der Waals surface area contributed by atoms with Crippen LogP contribution in [-0.4, -0.2) is 42.0 Å². The number of nitrogens with zero attached hydrogens (tertiary/aromatic N) is 1. The largest absolute Gasteiger partial charge is 0.481 e. The van der Waals surface area contributed by atoms with Gasteiger partial charge in [-0.1, -0.05) is 26.0 Å². The molecule has 0 aliphatic carbocycles. The molecule has 0 spiro atoms. The zero-order valence-electron chi connectivity index (χ0n) is 12.2. The summed E-state index contributed by atoms with van der Waals surface area (Å²) in [6.07, 6.45) is 0.0343. The van der Waals surface area contributed by atoms with Crippen LogP contribution in [0.2, 0.25) is 0 Å². The minimum Gasteiger partial charge on any atom is -0.481 e. The van der Waals surface area contributed by atoms with Crippen molar-refractivity contribution in [3.05, 3.63) is 29.8 Å². The van der Waals surface area contributed by atoms with E-state index in [1.165, 1.54) is 5.56 Å². The minimum absolute atomic E-state index is 0.0343. The molecule has 0 aliphatic heterocycles. The Bertz CT molecular complexity index is 472. The summed E-state index contributed by atoms with van der Waals surface area (Å²) in [7, 11) is 1.73. The van der Waals surface area contributed by atoms with E-state index in [2.05, 4.69) is 19.2 Å². The van der Waals surface area contributed by atoms with Gasteiger partial charge in [0, 0.05) is 12.2 Å². The van der Waals surface area contributed by atoms with Gasteiger partial charge in [0.2, 0.25) is 5.91 Å². The first-order valence-corrected chi connectivity index (χ1v) is 6.68. The van der Waals surface area contributed by atoms with Crippen molar-refractivity contribution < 1.29 is 14.7 Å². The molecule has 1 amide bonds. The second-order valence-corrected chi connectivity index (χ2v) is 5.21. The van der Waals surface area contributed by atoms with Gasteiger partial charge in [0.1, 0.15) is 0 Å². The third-order valence-corrected chi connectivity index (χ3v) is 2.96. The first kappa shape index (κ1) is 16.2. The summed E-state index contributed by atoms with van der Waals surface area (Å²) in [6, 6.07) is 7.75. The molecule has 5 heteroatoms. The molecule has 20 heavy (non-hydrogen) atoms. The van der Waals surface area contributed by atoms with Gasteiger partial charge < -0.3 is 10.4 Å². The number of anilines is 1. The molecular weight excluding hydrogens is 256 g/mol. The Morgan fingerprint density at radius 3 is 2.65 bits per heavy atom. The molecule has 0 saturated carbocycles. The average Bonchev–Trinajstić information content (AvgIpc) is 2.36. The molecule has 0 atom stereocenters. The van der Waals surface area contributed by atoms with Crippen LogP contribution in [0.15, 0.2) is 24.3 Å². The van der Waals surface area contributed by atoms with Crippen molar-refractivity contribution in [3.8, 4) is 0 Å². The molecule has 2 N–H and O–H groups in total. The van der Waals surface area contributed by atoms with Crippen molar-refractivity contribution in [3.63, 3.8) is 0 Å². The number of carbonyl (C=O) groups excluding carboxylic acids is 1. The summed E-state index contributed by atoms with van der Waals surface area (Å²) in [6.45, 7) is 4.73. The van der Waals surface area contributed by atoms with Crippen LogP contribution in [0.5, 0.6) is 0 Å². The van der Waals surface area contributed by atoms with Gasteiger partial charge in [-0.25, -0.2) is 0 Å². The molecule has 0 aliphatic rings. The fourth-order valence-corrected chi connectivity index (χ4v) is 1.79. The van der Waals surface area contributed by atoms with Crippen LogP contribution in [0.1, 0.15) is 31.7 Å². The number of aliphatic carboxylic acids is 1. The lowest BCUT2D eigenvalue weighted by Gasteiger charge is -2.15. The fourth-order valence-electron chi connectivity index (χ4n) is 1.79. The van der Waals surface area contributed by atoms with Crippen LogP contribution in [0.4, 0.5) is 5.69 Å². The van der Waals surface area contributed by atoms with Gasteiger partial charge in [0.15, 0.2) is 0 Å². The van der Waals surface area contributed by atoms with E-state index >= 15 is 0 Å². The molecular formula is C15H22N2O3. The number of carbonyl (C=O) groups is 2. The van der Waals surface area contributed by atoms with Crippen LogP contribution in [0.25, 0.3) is 0 Å². The zero-order valence-corrected chi connectivity index (χ0v) is 12.2. The minimum atomic E-state index is -0.859. The summed E-state index contributed by atoms with van der Waals surface area (Å²) in [5, 5.41) is 11.4. The predicted octanol–water partition coefficient (Wildman–Crippen LogP) is 2.16. The van der Waals surface area contributed by atoms with Crippen molar-refractivity contribution >= 4 is 17.6 Å². The number of hydrogen-bond donors (Lipinski definition) is 2. The van der Waals surface area contributed by atoms with Crippen LogP contribution in [-0.2, 0) is 9.59 Å². The van der Waals surface area contributed by atoms with Gasteiger partial charge in [-0.05, 0) is 30.7 Å². The highest BCUT2D eigenvalue weighted by atomic mass is 16.4. The molecule has 0 fully saturated rings. The van der Waals surface area contributed by atoms with Crippen molar-refractivity contribution in [2.45, 2.75) is 26.2 Å². The number of hydrogen-bond acceptors (Lipinski definition) is 3. The second kappa shape index (κ2) is 7.65. The van der Waals surface area contributed by atoms with Crippen molar-refractivity contribution in [1.82, 2.24) is 4.90 Å². The van der Waals surface area contributed by atoms with Crippen LogP contribution < -0.4 is 5.32 Å². The first-order chi connectivity index (χ1) is 9.38. The number of benzene rings is 1. The maximum absolute atomic E-state index is 11.8. The number of rotatable bonds is 7. The quantitative estimate of drug-likeness (QED) is 0.802. The van der Waals surface area contributed by atoms with E-state index in [0.29, 0.717) is 12.5 Å². The third kappa shape index (κ3) is 5.84. The van der Waals surface area contributed by atoms with Gasteiger partial charge in [-0.3, -0.25) is 14.5 Å². The van der Waals surface area contributed by atoms with Crippen LogP contribution >= 0.6 is 0 Å². The molecule has 0 radical (unpaired) electrons. The molecule has 0 aromatic heterocycles. The number of likely N-dealkylation sites (N-methyl/N-ethyl adjacent to an activating group) is 1. The van der Waals surface area contributed by atoms with Crippen LogP contribution in [0.3, 0.4) is 0 Å². The lowest BCUT2D eigenvalue weighted by atomic mass is 10.0. The van der Waals surface area contributed by atoms with E-state index < -0.39 is 5.97 Å². The van der Waals surface area contributed by atoms with Gasteiger partial charge in [-0.2, -0.15) is 0 Å². The second-order valence-electron chi connectivity index (χ2n) is 5.21. The maximum Gasteiger partial charge on any atom is 0.304 e. The predicted molar refractivity (Wildman–Crippen MR) is 78.9 cm³/mol. The van der Waals surface area contributed by atoms with E-state index in [1.54, 1.807) is 11.9 Å². The normalized spacial score (nSPS) is 10.8. The number of nitrogens with one attached hydrogen (secondary N) is 1. The van der Waals surface area contributed by atoms with E-state index in [0.717, 1.165) is 5.69 Å². The average molecular weight is 278 g/mol. The molecule has 0 unspecified atom stereocenters. The summed E-state index contributed by atoms with van der Waals surface area (Å²) < 4.78 is 0. The maximum atomic E-state index is 11.8. The highest BCUT2D eigenvalue weighted by Gasteiger charge is 2.09. The lowest BCUT2D eigenvalue weighted by Crippen LogP contribution is -2.31. The summed E-state index contributed by atoms with van der Waals surface area (Å²) >= 11 is 0. The smallest absolute Gasteiger partial charge is 0.304 e. The van der Waals surface area contributed by atoms with Gasteiger partial charge in [0.25, 0.3) is 0 Å². The Labute approximate surface area is 119 Å². The van der Waals surface area contributed by atoms with E-state index in [4.69, 9.17) is 5.11 Å². The highest BCUT2D eigenvalue weighted by molar-refractivity contribution is 5.92. The number of carboxylic acids is 1. The molecule has 0 bridgehead atoms. The zero-order chi connectivity index (χ0) is 15.1. The molecule has 5 nitrogen and oxygen atoms in total. The lowest BCUT2D eigenvalue weighted by molar-refractivity contribution is -0.137. The van der Waals surface area contributed by atoms with E-state index in [-0.39, 0.29) is 18.9 Å². The monoisotopic (exact) mass is 278 g/mol. The topological polar surface area (TPSA) is 69.6 Å². The highest BCUT2D eigenvalue weighted by Crippen LogP contribution is 2.18. The summed E-state index contributed by atoms with van der Waals surface area (Å²) in [5.74, 6) is -0.592. The Morgan fingerprint density at radius 2 is 2.05 bits per heavy atom. The van der Waals surface area contributed by atoms with Gasteiger partial charge in [0.05, 0.1) is 13.0 Å². The summed E-state index contributed by atoms with van der Waals surface area (Å²) in [5.41, 5.74) is 1.94. The van der Waals surface area contributed by atoms with Crippen molar-refractivity contribution in [2.75, 3.05) is 25.5 Å². The molecule has 1 aromatic rings. The standard InChI is InChI=1S/C15H22N2O3/c1-11(2)12-5-4-6-13(9-12)16-14(18)10-17(3)8-7-15(19)20/h4-6,9,11H,7-8,10H2,1-3H3,(H,16,18)(H,19,20). The first-order valence-electron chi connectivity index (χ1n) is 6.68. The van der Waals surface area contributed by atoms with Crippen molar-refractivity contribution in [1.29, 1.82) is 0 Å². The summed E-state index contributed by atoms with van der Waals surface area (Å²) in [4.78, 5) is 24.0. The Balaban J connectivity index is 2.49. The van der Waals surface area contributed by atoms with E-state index in [1.807, 2.05) is 24.3 Å². The third-order valence-electron chi connectivity index (χ3n) is 2.96. The van der Waals surface area contributed by atoms with Gasteiger partial charge in [-0.15, -0.1) is 0 Å². The Hall–Kier alpha value is -1.88. The molecule has 0 saturated heterocycles.